The maximum Gasteiger partial charge on any atom is 0.224 e. The summed E-state index contributed by atoms with van der Waals surface area (Å²) in [6.45, 7) is 6.39. The number of hydrogen-bond donors (Lipinski definition) is 1. The summed E-state index contributed by atoms with van der Waals surface area (Å²) in [5, 5.41) is 7.71. The molecular formula is C25H26N4O2. The van der Waals surface area contributed by atoms with E-state index in [0.29, 0.717) is 6.54 Å². The summed E-state index contributed by atoms with van der Waals surface area (Å²) in [6, 6.07) is 17.8. The predicted octanol–water partition coefficient (Wildman–Crippen LogP) is 4.19. The molecule has 2 heterocycles. The maximum atomic E-state index is 12.7. The second-order valence-corrected chi connectivity index (χ2v) is 7.63. The molecule has 0 saturated carbocycles. The summed E-state index contributed by atoms with van der Waals surface area (Å²) in [6.07, 6.45) is 0.254. The Bertz CT molecular complexity index is 1250. The van der Waals surface area contributed by atoms with Crippen LogP contribution in [-0.4, -0.2) is 27.6 Å². The third-order valence-corrected chi connectivity index (χ3v) is 5.52. The Hall–Kier alpha value is -3.67. The Morgan fingerprint density at radius 3 is 2.55 bits per heavy atom. The number of benzene rings is 2. The van der Waals surface area contributed by atoms with Gasteiger partial charge in [-0.1, -0.05) is 42.5 Å². The first kappa shape index (κ1) is 20.6. The van der Waals surface area contributed by atoms with Gasteiger partial charge in [-0.15, -0.1) is 0 Å². The van der Waals surface area contributed by atoms with E-state index in [4.69, 9.17) is 14.8 Å². The van der Waals surface area contributed by atoms with Gasteiger partial charge in [-0.2, -0.15) is 5.10 Å². The molecule has 0 aliphatic heterocycles. The van der Waals surface area contributed by atoms with Gasteiger partial charge in [0.25, 0.3) is 0 Å². The highest BCUT2D eigenvalue weighted by atomic mass is 16.5. The molecule has 0 radical (unpaired) electrons. The van der Waals surface area contributed by atoms with Crippen molar-refractivity contribution in [1.82, 2.24) is 19.9 Å². The lowest BCUT2D eigenvalue weighted by Gasteiger charge is -2.12. The predicted molar refractivity (Wildman–Crippen MR) is 121 cm³/mol. The van der Waals surface area contributed by atoms with Crippen molar-refractivity contribution in [3.63, 3.8) is 0 Å². The van der Waals surface area contributed by atoms with Crippen molar-refractivity contribution in [1.29, 1.82) is 0 Å². The molecule has 0 fully saturated rings. The van der Waals surface area contributed by atoms with Gasteiger partial charge in [-0.05, 0) is 44.0 Å². The molecule has 0 saturated heterocycles. The van der Waals surface area contributed by atoms with E-state index < -0.39 is 0 Å². The van der Waals surface area contributed by atoms with Gasteiger partial charge in [-0.3, -0.25) is 4.79 Å². The summed E-state index contributed by atoms with van der Waals surface area (Å²) in [5.41, 5.74) is 7.52. The van der Waals surface area contributed by atoms with E-state index in [9.17, 15) is 4.79 Å². The first-order valence-corrected chi connectivity index (χ1v) is 10.3. The summed E-state index contributed by atoms with van der Waals surface area (Å²) in [5.74, 6) is 0.721. The lowest BCUT2D eigenvalue weighted by molar-refractivity contribution is -0.120. The monoisotopic (exact) mass is 414 g/mol. The van der Waals surface area contributed by atoms with Crippen molar-refractivity contribution >= 4 is 11.6 Å². The molecular weight excluding hydrogens is 388 g/mol. The van der Waals surface area contributed by atoms with Crippen LogP contribution in [-0.2, 0) is 17.8 Å². The fourth-order valence-corrected chi connectivity index (χ4v) is 3.87. The molecule has 0 spiro atoms. The normalized spacial score (nSPS) is 11.0. The van der Waals surface area contributed by atoms with Crippen LogP contribution in [0.4, 0.5) is 0 Å². The summed E-state index contributed by atoms with van der Waals surface area (Å²) >= 11 is 0. The Kier molecular flexibility index (Phi) is 5.71. The first-order chi connectivity index (χ1) is 15.0. The van der Waals surface area contributed by atoms with E-state index in [1.54, 1.807) is 7.11 Å². The number of ether oxygens (including phenoxy) is 1. The standard InChI is InChI=1S/C25H26N4O2/c1-16-22(14-23(30)26-15-19-9-8-12-21(13-19)31-4)18(3)29-25(27-16)24(17(2)28-29)20-10-6-5-7-11-20/h5-13H,14-15H2,1-4H3,(H,26,30). The molecule has 0 bridgehead atoms. The number of hydrogen-bond acceptors (Lipinski definition) is 4. The van der Waals surface area contributed by atoms with Crippen molar-refractivity contribution in [3.8, 4) is 16.9 Å². The average molecular weight is 415 g/mol. The van der Waals surface area contributed by atoms with Crippen LogP contribution in [0.2, 0.25) is 0 Å². The minimum Gasteiger partial charge on any atom is -0.497 e. The highest BCUT2D eigenvalue weighted by Crippen LogP contribution is 2.29. The molecule has 0 unspecified atom stereocenters. The van der Waals surface area contributed by atoms with Crippen LogP contribution in [0.3, 0.4) is 0 Å². The second kappa shape index (κ2) is 8.60. The molecule has 2 aromatic heterocycles. The van der Waals surface area contributed by atoms with Gasteiger partial charge in [0.1, 0.15) is 5.75 Å². The fourth-order valence-electron chi connectivity index (χ4n) is 3.87. The molecule has 4 aromatic rings. The summed E-state index contributed by atoms with van der Waals surface area (Å²) in [7, 11) is 1.63. The van der Waals surface area contributed by atoms with E-state index in [2.05, 4.69) is 17.4 Å². The Labute approximate surface area is 181 Å². The van der Waals surface area contributed by atoms with Gasteiger partial charge >= 0.3 is 0 Å². The van der Waals surface area contributed by atoms with Gasteiger partial charge in [-0.25, -0.2) is 9.50 Å². The number of nitrogens with zero attached hydrogens (tertiary/aromatic N) is 3. The van der Waals surface area contributed by atoms with Crippen LogP contribution < -0.4 is 10.1 Å². The molecule has 1 N–H and O–H groups in total. The maximum absolute atomic E-state index is 12.7. The summed E-state index contributed by atoms with van der Waals surface area (Å²) in [4.78, 5) is 17.5. The van der Waals surface area contributed by atoms with Gasteiger partial charge in [0.05, 0.1) is 19.2 Å². The zero-order valence-electron chi connectivity index (χ0n) is 18.3. The molecule has 4 rings (SSSR count). The zero-order chi connectivity index (χ0) is 22.0. The average Bonchev–Trinajstić information content (AvgIpc) is 3.11. The minimum absolute atomic E-state index is 0.0534. The lowest BCUT2D eigenvalue weighted by Crippen LogP contribution is -2.25. The van der Waals surface area contributed by atoms with Crippen LogP contribution in [0.1, 0.15) is 28.2 Å². The summed E-state index contributed by atoms with van der Waals surface area (Å²) < 4.78 is 7.10. The number of carbonyl (C=O) groups is 1. The Morgan fingerprint density at radius 2 is 1.81 bits per heavy atom. The molecule has 0 atom stereocenters. The zero-order valence-corrected chi connectivity index (χ0v) is 18.3. The first-order valence-electron chi connectivity index (χ1n) is 10.3. The topological polar surface area (TPSA) is 68.5 Å². The third kappa shape index (κ3) is 4.14. The van der Waals surface area contributed by atoms with Crippen LogP contribution in [0.5, 0.6) is 5.75 Å². The SMILES string of the molecule is COc1cccc(CNC(=O)Cc2c(C)nc3c(-c4ccccc4)c(C)nn3c2C)c1. The largest absolute Gasteiger partial charge is 0.497 e. The number of carbonyl (C=O) groups excluding carboxylic acids is 1. The second-order valence-electron chi connectivity index (χ2n) is 7.63. The van der Waals surface area contributed by atoms with Crippen molar-refractivity contribution in [2.24, 2.45) is 0 Å². The molecule has 158 valence electrons. The van der Waals surface area contributed by atoms with Crippen molar-refractivity contribution in [3.05, 3.63) is 82.8 Å². The number of fused-ring (bicyclic) bond motifs is 1. The number of aromatic nitrogens is 3. The number of aryl methyl sites for hydroxylation is 3. The van der Waals surface area contributed by atoms with E-state index in [1.165, 1.54) is 0 Å². The molecule has 2 aromatic carbocycles. The molecule has 31 heavy (non-hydrogen) atoms. The smallest absolute Gasteiger partial charge is 0.224 e. The van der Waals surface area contributed by atoms with E-state index in [1.807, 2.05) is 67.8 Å². The highest BCUT2D eigenvalue weighted by molar-refractivity contribution is 5.82. The number of nitrogens with one attached hydrogen (secondary N) is 1. The van der Waals surface area contributed by atoms with Crippen LogP contribution in [0, 0.1) is 20.8 Å². The van der Waals surface area contributed by atoms with Crippen molar-refractivity contribution in [2.45, 2.75) is 33.7 Å². The lowest BCUT2D eigenvalue weighted by atomic mass is 10.1. The number of rotatable bonds is 6. The van der Waals surface area contributed by atoms with E-state index in [-0.39, 0.29) is 12.3 Å². The third-order valence-electron chi connectivity index (χ3n) is 5.52. The Morgan fingerprint density at radius 1 is 1.03 bits per heavy atom. The van der Waals surface area contributed by atoms with E-state index in [0.717, 1.165) is 50.7 Å². The quantitative estimate of drug-likeness (QED) is 0.514. The minimum atomic E-state index is -0.0534. The van der Waals surface area contributed by atoms with Gasteiger partial charge in [0.15, 0.2) is 5.65 Å². The highest BCUT2D eigenvalue weighted by Gasteiger charge is 2.19. The molecule has 6 heteroatoms. The fraction of sp³-hybridized carbons (Fsp3) is 0.240. The van der Waals surface area contributed by atoms with Gasteiger partial charge in [0, 0.05) is 29.1 Å². The van der Waals surface area contributed by atoms with Crippen LogP contribution >= 0.6 is 0 Å². The molecule has 0 aliphatic carbocycles. The number of amides is 1. The van der Waals surface area contributed by atoms with E-state index >= 15 is 0 Å². The number of methoxy groups -OCH3 is 1. The Balaban J connectivity index is 1.59. The van der Waals surface area contributed by atoms with Crippen molar-refractivity contribution in [2.75, 3.05) is 7.11 Å². The van der Waals surface area contributed by atoms with Crippen molar-refractivity contribution < 1.29 is 9.53 Å². The van der Waals surface area contributed by atoms with Crippen LogP contribution in [0.25, 0.3) is 16.8 Å². The molecule has 1 amide bonds. The molecule has 0 aliphatic rings. The van der Waals surface area contributed by atoms with Gasteiger partial charge in [0.2, 0.25) is 5.91 Å². The van der Waals surface area contributed by atoms with Crippen LogP contribution in [0.15, 0.2) is 54.6 Å². The molecule has 6 nitrogen and oxygen atoms in total. The van der Waals surface area contributed by atoms with Gasteiger partial charge < -0.3 is 10.1 Å².